The summed E-state index contributed by atoms with van der Waals surface area (Å²) in [5, 5.41) is 3.06. The standard InChI is InChI=1S/C25H27ClFN3O5/c1-15(31)30-6-4-16(5-7-30)23-28-10-21(35-23)22(33)29-25-12-24(13-25,14-25)9-17(32)11-34-18-2-3-19(26)20(27)8-18/h2-3,8,10,16H,4-7,9,11-14H2,1H3,(H,29,33). The molecule has 1 N–H and O–H groups in total. The average Bonchev–Trinajstić information content (AvgIpc) is 3.28. The summed E-state index contributed by atoms with van der Waals surface area (Å²) in [4.78, 5) is 42.7. The second kappa shape index (κ2) is 8.93. The number of hydrogen-bond donors (Lipinski definition) is 1. The largest absolute Gasteiger partial charge is 0.486 e. The van der Waals surface area contributed by atoms with Gasteiger partial charge in [-0.1, -0.05) is 11.6 Å². The Kier molecular flexibility index (Phi) is 6.07. The van der Waals surface area contributed by atoms with Crippen molar-refractivity contribution < 1.29 is 27.9 Å². The highest BCUT2D eigenvalue weighted by molar-refractivity contribution is 6.30. The molecule has 1 saturated heterocycles. The summed E-state index contributed by atoms with van der Waals surface area (Å²) in [5.41, 5.74) is -0.395. The SMILES string of the molecule is CC(=O)N1CCC(c2ncc(C(=O)NC34CC(CC(=O)COc5ccc(Cl)c(F)c5)(C3)C4)o2)CC1. The minimum absolute atomic E-state index is 0.00133. The number of Topliss-reactive ketones (excluding diaryl/α,β-unsaturated/α-hetero) is 1. The van der Waals surface area contributed by atoms with Crippen molar-refractivity contribution in [2.24, 2.45) is 5.41 Å². The van der Waals surface area contributed by atoms with Crippen LogP contribution in [0.5, 0.6) is 5.75 Å². The van der Waals surface area contributed by atoms with Crippen LogP contribution in [0, 0.1) is 11.2 Å². The quantitative estimate of drug-likeness (QED) is 0.586. The third kappa shape index (κ3) is 4.78. The lowest BCUT2D eigenvalue weighted by atomic mass is 9.38. The van der Waals surface area contributed by atoms with Crippen molar-refractivity contribution in [1.82, 2.24) is 15.2 Å². The third-order valence-corrected chi connectivity index (χ3v) is 7.73. The molecule has 1 aliphatic heterocycles. The van der Waals surface area contributed by atoms with E-state index in [4.69, 9.17) is 20.8 Å². The van der Waals surface area contributed by atoms with E-state index in [9.17, 15) is 18.8 Å². The Morgan fingerprint density at radius 3 is 2.63 bits per heavy atom. The Labute approximate surface area is 207 Å². The van der Waals surface area contributed by atoms with Gasteiger partial charge in [-0.15, -0.1) is 0 Å². The van der Waals surface area contributed by atoms with E-state index in [1.54, 1.807) is 11.8 Å². The highest BCUT2D eigenvalue weighted by atomic mass is 35.5. The molecule has 6 rings (SSSR count). The number of ketones is 1. The Morgan fingerprint density at radius 1 is 1.26 bits per heavy atom. The van der Waals surface area contributed by atoms with E-state index < -0.39 is 5.82 Å². The van der Waals surface area contributed by atoms with Gasteiger partial charge in [0, 0.05) is 44.0 Å². The minimum Gasteiger partial charge on any atom is -0.486 e. The van der Waals surface area contributed by atoms with Crippen LogP contribution < -0.4 is 10.1 Å². The van der Waals surface area contributed by atoms with Gasteiger partial charge in [-0.2, -0.15) is 0 Å². The molecule has 0 unspecified atom stereocenters. The van der Waals surface area contributed by atoms with Gasteiger partial charge < -0.3 is 19.4 Å². The monoisotopic (exact) mass is 503 g/mol. The molecule has 0 spiro atoms. The van der Waals surface area contributed by atoms with Gasteiger partial charge in [-0.25, -0.2) is 9.37 Å². The summed E-state index contributed by atoms with van der Waals surface area (Å²) >= 11 is 5.65. The summed E-state index contributed by atoms with van der Waals surface area (Å²) in [6, 6.07) is 4.07. The highest BCUT2D eigenvalue weighted by Crippen LogP contribution is 2.69. The van der Waals surface area contributed by atoms with Gasteiger partial charge in [0.2, 0.25) is 11.7 Å². The van der Waals surface area contributed by atoms with Crippen molar-refractivity contribution in [3.05, 3.63) is 46.9 Å². The van der Waals surface area contributed by atoms with Crippen LogP contribution in [-0.2, 0) is 9.59 Å². The second-order valence-corrected chi connectivity index (χ2v) is 10.6. The van der Waals surface area contributed by atoms with Crippen LogP contribution in [0.4, 0.5) is 4.39 Å². The van der Waals surface area contributed by atoms with Crippen LogP contribution in [0.2, 0.25) is 5.02 Å². The Hall–Kier alpha value is -2.94. The molecule has 4 aliphatic rings. The van der Waals surface area contributed by atoms with Crippen molar-refractivity contribution in [2.45, 2.75) is 56.9 Å². The normalized spacial score (nSPS) is 25.4. The molecule has 1 aromatic heterocycles. The number of rotatable bonds is 8. The van der Waals surface area contributed by atoms with Crippen molar-refractivity contribution in [3.8, 4) is 5.75 Å². The first kappa shape index (κ1) is 23.8. The maximum atomic E-state index is 13.5. The van der Waals surface area contributed by atoms with Crippen LogP contribution in [0.3, 0.4) is 0 Å². The topological polar surface area (TPSA) is 102 Å². The molecule has 4 fully saturated rings. The summed E-state index contributed by atoms with van der Waals surface area (Å²) in [5.74, 6) is 0.212. The molecule has 2 heterocycles. The number of likely N-dealkylation sites (tertiary alicyclic amines) is 1. The molecular formula is C25H27ClFN3O5. The predicted molar refractivity (Wildman–Crippen MR) is 124 cm³/mol. The van der Waals surface area contributed by atoms with E-state index >= 15 is 0 Å². The molecule has 0 radical (unpaired) electrons. The number of oxazole rings is 1. The van der Waals surface area contributed by atoms with Crippen LogP contribution >= 0.6 is 11.6 Å². The lowest BCUT2D eigenvalue weighted by Crippen LogP contribution is -2.75. The zero-order valence-corrected chi connectivity index (χ0v) is 20.2. The summed E-state index contributed by atoms with van der Waals surface area (Å²) < 4.78 is 24.7. The molecule has 2 bridgehead atoms. The Morgan fingerprint density at radius 2 is 1.97 bits per heavy atom. The maximum Gasteiger partial charge on any atom is 0.289 e. The van der Waals surface area contributed by atoms with Gasteiger partial charge in [0.05, 0.1) is 11.2 Å². The van der Waals surface area contributed by atoms with Crippen LogP contribution in [0.1, 0.15) is 67.8 Å². The molecule has 3 aliphatic carbocycles. The number of carbonyl (C=O) groups excluding carboxylic acids is 3. The molecule has 1 aromatic carbocycles. The number of piperidine rings is 1. The van der Waals surface area contributed by atoms with E-state index in [0.717, 1.165) is 38.2 Å². The number of hydrogen-bond acceptors (Lipinski definition) is 6. The molecule has 186 valence electrons. The van der Waals surface area contributed by atoms with Gasteiger partial charge >= 0.3 is 0 Å². The zero-order chi connectivity index (χ0) is 24.8. The molecule has 8 nitrogen and oxygen atoms in total. The number of amides is 2. The fourth-order valence-electron chi connectivity index (χ4n) is 5.84. The fraction of sp³-hybridized carbons (Fsp3) is 0.520. The van der Waals surface area contributed by atoms with Crippen molar-refractivity contribution in [3.63, 3.8) is 0 Å². The van der Waals surface area contributed by atoms with E-state index in [2.05, 4.69) is 10.3 Å². The zero-order valence-electron chi connectivity index (χ0n) is 19.4. The number of aromatic nitrogens is 1. The second-order valence-electron chi connectivity index (χ2n) is 10.2. The molecule has 3 saturated carbocycles. The molecule has 0 atom stereocenters. The highest BCUT2D eigenvalue weighted by Gasteiger charge is 2.68. The summed E-state index contributed by atoms with van der Waals surface area (Å²) in [6.07, 6.45) is 5.55. The number of nitrogens with one attached hydrogen (secondary N) is 1. The number of nitrogens with zero attached hydrogens (tertiary/aromatic N) is 2. The fourth-order valence-corrected chi connectivity index (χ4v) is 5.96. The molecule has 35 heavy (non-hydrogen) atoms. The van der Waals surface area contributed by atoms with Gasteiger partial charge in [0.25, 0.3) is 5.91 Å². The first-order valence-electron chi connectivity index (χ1n) is 11.8. The van der Waals surface area contributed by atoms with E-state index in [-0.39, 0.29) is 57.6 Å². The van der Waals surface area contributed by atoms with E-state index in [0.29, 0.717) is 25.4 Å². The minimum atomic E-state index is -0.592. The summed E-state index contributed by atoms with van der Waals surface area (Å²) in [6.45, 7) is 2.76. The third-order valence-electron chi connectivity index (χ3n) is 7.42. The molecule has 2 amide bonds. The maximum absolute atomic E-state index is 13.5. The first-order valence-corrected chi connectivity index (χ1v) is 12.2. The van der Waals surface area contributed by atoms with Gasteiger partial charge in [0.1, 0.15) is 18.2 Å². The van der Waals surface area contributed by atoms with Crippen LogP contribution in [-0.4, -0.2) is 52.7 Å². The van der Waals surface area contributed by atoms with Crippen molar-refractivity contribution in [2.75, 3.05) is 19.7 Å². The lowest BCUT2D eigenvalue weighted by molar-refractivity contribution is -0.162. The lowest BCUT2D eigenvalue weighted by Gasteiger charge is -2.70. The van der Waals surface area contributed by atoms with Gasteiger partial charge in [-0.3, -0.25) is 14.4 Å². The summed E-state index contributed by atoms with van der Waals surface area (Å²) in [7, 11) is 0. The number of benzene rings is 1. The van der Waals surface area contributed by atoms with E-state index in [1.807, 2.05) is 0 Å². The van der Waals surface area contributed by atoms with Gasteiger partial charge in [-0.05, 0) is 49.7 Å². The smallest absolute Gasteiger partial charge is 0.289 e. The number of carbonyl (C=O) groups is 3. The van der Waals surface area contributed by atoms with Crippen LogP contribution in [0.25, 0.3) is 0 Å². The Bertz CT molecular complexity index is 1150. The molecular weight excluding hydrogens is 477 g/mol. The number of ether oxygens (including phenoxy) is 1. The average molecular weight is 504 g/mol. The first-order chi connectivity index (χ1) is 16.7. The molecule has 10 heteroatoms. The number of halogens is 2. The van der Waals surface area contributed by atoms with Gasteiger partial charge in [0.15, 0.2) is 11.7 Å². The Balaban J connectivity index is 1.06. The van der Waals surface area contributed by atoms with Crippen molar-refractivity contribution >= 4 is 29.2 Å². The van der Waals surface area contributed by atoms with Crippen molar-refractivity contribution in [1.29, 1.82) is 0 Å². The van der Waals surface area contributed by atoms with Crippen LogP contribution in [0.15, 0.2) is 28.8 Å². The van der Waals surface area contributed by atoms with E-state index in [1.165, 1.54) is 18.3 Å². The predicted octanol–water partition coefficient (Wildman–Crippen LogP) is 3.88. The molecule has 2 aromatic rings.